The fourth-order valence-corrected chi connectivity index (χ4v) is 2.38. The van der Waals surface area contributed by atoms with E-state index in [1.54, 1.807) is 0 Å². The van der Waals surface area contributed by atoms with Crippen molar-refractivity contribution >= 4 is 43.5 Å². The van der Waals surface area contributed by atoms with Gasteiger partial charge in [-0.25, -0.2) is 13.6 Å². The van der Waals surface area contributed by atoms with Crippen molar-refractivity contribution < 1.29 is 23.1 Å². The third-order valence-corrected chi connectivity index (χ3v) is 3.68. The second-order valence-electron chi connectivity index (χ2n) is 3.63. The lowest BCUT2D eigenvalue weighted by Gasteiger charge is -2.08. The van der Waals surface area contributed by atoms with E-state index in [1.807, 2.05) is 0 Å². The fraction of sp³-hybridized carbons (Fsp3) is 0.200. The van der Waals surface area contributed by atoms with Gasteiger partial charge >= 0.3 is 5.97 Å². The highest BCUT2D eigenvalue weighted by Gasteiger charge is 2.12. The number of nitrogens with one attached hydrogen (secondary N) is 1. The zero-order valence-electron chi connectivity index (χ0n) is 9.59. The molecule has 0 fully saturated rings. The number of hydrogen-bond donors (Lipinski definition) is 3. The Hall–Kier alpha value is -1.45. The lowest BCUT2D eigenvalue weighted by molar-refractivity contribution is -0.138. The van der Waals surface area contributed by atoms with Gasteiger partial charge in [-0.1, -0.05) is 0 Å². The summed E-state index contributed by atoms with van der Waals surface area (Å²) >= 11 is 3.10. The molecular weight excluding hydrogens is 340 g/mol. The van der Waals surface area contributed by atoms with Crippen LogP contribution in [0.3, 0.4) is 0 Å². The van der Waals surface area contributed by atoms with Crippen LogP contribution in [0.2, 0.25) is 0 Å². The summed E-state index contributed by atoms with van der Waals surface area (Å²) in [6, 6.07) is 3.86. The third-order valence-electron chi connectivity index (χ3n) is 2.11. The molecule has 9 heteroatoms. The summed E-state index contributed by atoms with van der Waals surface area (Å²) < 4.78 is 22.5. The first-order valence-corrected chi connectivity index (χ1v) is 7.38. The molecule has 0 unspecified atom stereocenters. The molecule has 4 N–H and O–H groups in total. The predicted molar refractivity (Wildman–Crippen MR) is 71.0 cm³/mol. The maximum absolute atomic E-state index is 11.4. The second-order valence-corrected chi connectivity index (χ2v) is 6.04. The largest absolute Gasteiger partial charge is 0.481 e. The lowest BCUT2D eigenvalue weighted by atomic mass is 10.2. The number of carboxylic acids is 1. The monoisotopic (exact) mass is 350 g/mol. The van der Waals surface area contributed by atoms with Gasteiger partial charge in [0.1, 0.15) is 0 Å². The topological polar surface area (TPSA) is 127 Å². The second kappa shape index (κ2) is 6.13. The highest BCUT2D eigenvalue weighted by molar-refractivity contribution is 9.10. The maximum Gasteiger partial charge on any atom is 0.303 e. The van der Waals surface area contributed by atoms with Crippen molar-refractivity contribution in [2.75, 3.05) is 5.32 Å². The van der Waals surface area contributed by atoms with Gasteiger partial charge in [-0.15, -0.1) is 0 Å². The number of anilines is 1. The Labute approximate surface area is 118 Å². The average Bonchev–Trinajstić information content (AvgIpc) is 2.27. The van der Waals surface area contributed by atoms with E-state index in [0.29, 0.717) is 10.2 Å². The van der Waals surface area contributed by atoms with Gasteiger partial charge in [-0.3, -0.25) is 9.59 Å². The van der Waals surface area contributed by atoms with Crippen LogP contribution in [-0.4, -0.2) is 25.4 Å². The van der Waals surface area contributed by atoms with Crippen molar-refractivity contribution in [3.05, 3.63) is 22.7 Å². The number of aliphatic carboxylic acids is 1. The highest BCUT2D eigenvalue weighted by atomic mass is 79.9. The number of sulfonamides is 1. The van der Waals surface area contributed by atoms with Crippen molar-refractivity contribution in [2.24, 2.45) is 5.14 Å². The normalized spacial score (nSPS) is 11.1. The molecule has 0 saturated heterocycles. The van der Waals surface area contributed by atoms with Crippen LogP contribution in [0.4, 0.5) is 5.69 Å². The molecule has 0 heterocycles. The molecule has 0 radical (unpaired) electrons. The van der Waals surface area contributed by atoms with Crippen LogP contribution in [0.5, 0.6) is 0 Å². The van der Waals surface area contributed by atoms with Crippen LogP contribution >= 0.6 is 15.9 Å². The molecule has 19 heavy (non-hydrogen) atoms. The van der Waals surface area contributed by atoms with Gasteiger partial charge in [0.2, 0.25) is 15.9 Å². The standard InChI is InChI=1S/C10H11BrN2O5S/c11-7-5-6(19(12,17)18)1-2-8(7)13-9(14)3-4-10(15)16/h1-2,5H,3-4H2,(H,13,14)(H,15,16)(H2,12,17,18). The Morgan fingerprint density at radius 1 is 1.32 bits per heavy atom. The minimum atomic E-state index is -3.81. The quantitative estimate of drug-likeness (QED) is 0.726. The van der Waals surface area contributed by atoms with Crippen LogP contribution in [0.15, 0.2) is 27.6 Å². The number of hydrogen-bond acceptors (Lipinski definition) is 4. The van der Waals surface area contributed by atoms with Gasteiger partial charge < -0.3 is 10.4 Å². The van der Waals surface area contributed by atoms with Crippen molar-refractivity contribution in [3.8, 4) is 0 Å². The molecule has 0 atom stereocenters. The number of amides is 1. The number of carbonyl (C=O) groups excluding carboxylic acids is 1. The van der Waals surface area contributed by atoms with E-state index in [1.165, 1.54) is 18.2 Å². The van der Waals surface area contributed by atoms with E-state index < -0.39 is 21.9 Å². The smallest absolute Gasteiger partial charge is 0.303 e. The molecule has 1 aromatic carbocycles. The average molecular weight is 351 g/mol. The first-order chi connectivity index (χ1) is 8.70. The molecule has 0 spiro atoms. The summed E-state index contributed by atoms with van der Waals surface area (Å²) in [6.45, 7) is 0. The minimum absolute atomic E-state index is 0.0945. The fourth-order valence-electron chi connectivity index (χ4n) is 1.21. The molecule has 1 aromatic rings. The van der Waals surface area contributed by atoms with Crippen molar-refractivity contribution in [1.82, 2.24) is 0 Å². The molecule has 1 rings (SSSR count). The summed E-state index contributed by atoms with van der Waals surface area (Å²) in [6.07, 6.45) is -0.447. The minimum Gasteiger partial charge on any atom is -0.481 e. The Balaban J connectivity index is 2.81. The Kier molecular flexibility index (Phi) is 5.04. The van der Waals surface area contributed by atoms with Crippen LogP contribution in [0.25, 0.3) is 0 Å². The van der Waals surface area contributed by atoms with Gasteiger partial charge in [0.05, 0.1) is 17.0 Å². The van der Waals surface area contributed by atoms with Crippen molar-refractivity contribution in [3.63, 3.8) is 0 Å². The van der Waals surface area contributed by atoms with Gasteiger partial charge in [0, 0.05) is 10.9 Å². The number of rotatable bonds is 5. The maximum atomic E-state index is 11.4. The molecule has 0 aromatic heterocycles. The zero-order chi connectivity index (χ0) is 14.6. The van der Waals surface area contributed by atoms with E-state index in [0.717, 1.165) is 0 Å². The Morgan fingerprint density at radius 3 is 2.42 bits per heavy atom. The summed E-state index contributed by atoms with van der Waals surface area (Å²) in [5.74, 6) is -1.55. The van der Waals surface area contributed by atoms with E-state index in [2.05, 4.69) is 21.2 Å². The molecular formula is C10H11BrN2O5S. The first kappa shape index (κ1) is 15.6. The van der Waals surface area contributed by atoms with Crippen LogP contribution in [0.1, 0.15) is 12.8 Å². The number of halogens is 1. The molecule has 0 aliphatic carbocycles. The first-order valence-electron chi connectivity index (χ1n) is 5.04. The molecule has 0 saturated carbocycles. The number of carbonyl (C=O) groups is 2. The van der Waals surface area contributed by atoms with Gasteiger partial charge in [0.25, 0.3) is 0 Å². The van der Waals surface area contributed by atoms with E-state index >= 15 is 0 Å². The predicted octanol–water partition coefficient (Wildman–Crippen LogP) is 0.900. The van der Waals surface area contributed by atoms with E-state index in [4.69, 9.17) is 10.2 Å². The summed E-state index contributed by atoms with van der Waals surface area (Å²) in [5, 5.41) is 15.9. The lowest BCUT2D eigenvalue weighted by Crippen LogP contribution is -2.15. The number of nitrogens with two attached hydrogens (primary N) is 1. The van der Waals surface area contributed by atoms with E-state index in [9.17, 15) is 18.0 Å². The summed E-state index contributed by atoms with van der Waals surface area (Å²) in [5.41, 5.74) is 0.336. The SMILES string of the molecule is NS(=O)(=O)c1ccc(NC(=O)CCC(=O)O)c(Br)c1. The number of benzene rings is 1. The molecule has 7 nitrogen and oxygen atoms in total. The Morgan fingerprint density at radius 2 is 1.95 bits per heavy atom. The molecule has 0 aliphatic rings. The van der Waals surface area contributed by atoms with Crippen molar-refractivity contribution in [2.45, 2.75) is 17.7 Å². The molecule has 1 amide bonds. The summed E-state index contributed by atoms with van der Waals surface area (Å²) in [4.78, 5) is 21.6. The van der Waals surface area contributed by atoms with Gasteiger partial charge in [-0.2, -0.15) is 0 Å². The highest BCUT2D eigenvalue weighted by Crippen LogP contribution is 2.25. The van der Waals surface area contributed by atoms with Crippen molar-refractivity contribution in [1.29, 1.82) is 0 Å². The number of carboxylic acid groups (broad SMARTS) is 1. The number of primary sulfonamides is 1. The molecule has 0 aliphatic heterocycles. The van der Waals surface area contributed by atoms with Crippen LogP contribution in [0, 0.1) is 0 Å². The van der Waals surface area contributed by atoms with E-state index in [-0.39, 0.29) is 17.7 Å². The molecule has 0 bridgehead atoms. The van der Waals surface area contributed by atoms with Crippen LogP contribution in [-0.2, 0) is 19.6 Å². The van der Waals surface area contributed by atoms with Crippen LogP contribution < -0.4 is 10.5 Å². The third kappa shape index (κ3) is 4.97. The summed E-state index contributed by atoms with van der Waals surface area (Å²) in [7, 11) is -3.81. The van der Waals surface area contributed by atoms with Gasteiger partial charge in [0.15, 0.2) is 0 Å². The zero-order valence-corrected chi connectivity index (χ0v) is 12.0. The Bertz CT molecular complexity index is 614. The van der Waals surface area contributed by atoms with Gasteiger partial charge in [-0.05, 0) is 34.1 Å². The molecule has 104 valence electrons.